The summed E-state index contributed by atoms with van der Waals surface area (Å²) in [6.45, 7) is 4.09. The van der Waals surface area contributed by atoms with Gasteiger partial charge in [-0.1, -0.05) is 0 Å². The van der Waals surface area contributed by atoms with Crippen molar-refractivity contribution in [3.8, 4) is 0 Å². The molecule has 1 N–H and O–H groups in total. The van der Waals surface area contributed by atoms with Crippen molar-refractivity contribution < 1.29 is 0 Å². The van der Waals surface area contributed by atoms with E-state index in [1.165, 1.54) is 0 Å². The van der Waals surface area contributed by atoms with Gasteiger partial charge in [0.25, 0.3) is 0 Å². The Morgan fingerprint density at radius 3 is 2.88 bits per heavy atom. The van der Waals surface area contributed by atoms with E-state index >= 15 is 0 Å². The predicted molar refractivity (Wildman–Crippen MR) is 34.8 cm³/mol. The van der Waals surface area contributed by atoms with Gasteiger partial charge in [-0.05, 0) is 19.9 Å². The molecule has 1 unspecified atom stereocenters. The van der Waals surface area contributed by atoms with Crippen molar-refractivity contribution in [1.29, 1.82) is 0 Å². The largest absolute Gasteiger partial charge is 0.370 e. The van der Waals surface area contributed by atoms with Gasteiger partial charge in [0.15, 0.2) is 0 Å². The molecule has 0 bridgehead atoms. The van der Waals surface area contributed by atoms with Crippen LogP contribution in [0.25, 0.3) is 0 Å². The maximum atomic E-state index is 4.01. The van der Waals surface area contributed by atoms with E-state index in [0.29, 0.717) is 6.04 Å². The topological polar surface area (TPSA) is 24.4 Å². The minimum absolute atomic E-state index is 0.451. The summed E-state index contributed by atoms with van der Waals surface area (Å²) in [6.07, 6.45) is 3.82. The van der Waals surface area contributed by atoms with Crippen LogP contribution in [-0.4, -0.2) is 12.4 Å². The zero-order valence-electron chi connectivity index (χ0n) is 5.18. The van der Waals surface area contributed by atoms with Gasteiger partial charge in [0.2, 0.25) is 0 Å². The molecule has 0 aromatic rings. The zero-order valence-corrected chi connectivity index (χ0v) is 5.18. The fraction of sp³-hybridized carbons (Fsp3) is 0.500. The molecular weight excluding hydrogens is 100 g/mol. The van der Waals surface area contributed by atoms with Crippen LogP contribution in [0.4, 0.5) is 0 Å². The van der Waals surface area contributed by atoms with E-state index in [0.717, 1.165) is 5.70 Å². The fourth-order valence-corrected chi connectivity index (χ4v) is 0.710. The first kappa shape index (κ1) is 5.35. The van der Waals surface area contributed by atoms with E-state index in [1.807, 2.05) is 6.92 Å². The van der Waals surface area contributed by atoms with Gasteiger partial charge in [0, 0.05) is 11.7 Å². The predicted octanol–water partition coefficient (Wildman–Crippen LogP) is 0.910. The second kappa shape index (κ2) is 1.99. The van der Waals surface area contributed by atoms with E-state index in [9.17, 15) is 0 Å². The normalized spacial score (nSPS) is 26.8. The van der Waals surface area contributed by atoms with E-state index in [1.54, 1.807) is 6.34 Å². The summed E-state index contributed by atoms with van der Waals surface area (Å²) in [4.78, 5) is 4.01. The Bertz CT molecular complexity index is 135. The standard InChI is InChI=1S/C6H10N2/c1-5-3-6(2)8-4-7-5/h3-5H,1-2H3,(H,7,8). The Balaban J connectivity index is 2.63. The third-order valence-electron chi connectivity index (χ3n) is 1.10. The molecule has 0 radical (unpaired) electrons. The first-order valence-corrected chi connectivity index (χ1v) is 2.76. The van der Waals surface area contributed by atoms with Crippen LogP contribution in [0.5, 0.6) is 0 Å². The molecule has 44 valence electrons. The van der Waals surface area contributed by atoms with Crippen LogP contribution in [0.2, 0.25) is 0 Å². The van der Waals surface area contributed by atoms with Gasteiger partial charge in [-0.2, -0.15) is 0 Å². The van der Waals surface area contributed by atoms with Crippen molar-refractivity contribution in [3.63, 3.8) is 0 Å². The van der Waals surface area contributed by atoms with E-state index in [-0.39, 0.29) is 0 Å². The second-order valence-corrected chi connectivity index (χ2v) is 2.02. The SMILES string of the molecule is CC1=CC(C)NC=N1. The summed E-state index contributed by atoms with van der Waals surface area (Å²) in [7, 11) is 0. The van der Waals surface area contributed by atoms with E-state index in [2.05, 4.69) is 23.3 Å². The number of allylic oxidation sites excluding steroid dienone is 1. The molecule has 1 aliphatic rings. The number of nitrogens with zero attached hydrogens (tertiary/aromatic N) is 1. The van der Waals surface area contributed by atoms with Gasteiger partial charge in [-0.15, -0.1) is 0 Å². The molecule has 2 heteroatoms. The van der Waals surface area contributed by atoms with Gasteiger partial charge in [0.1, 0.15) is 0 Å². The van der Waals surface area contributed by atoms with Crippen LogP contribution in [-0.2, 0) is 0 Å². The molecule has 0 aliphatic carbocycles. The Morgan fingerprint density at radius 2 is 2.50 bits per heavy atom. The zero-order chi connectivity index (χ0) is 5.98. The Kier molecular flexibility index (Phi) is 1.33. The smallest absolute Gasteiger partial charge is 0.0886 e. The number of hydrogen-bond donors (Lipinski definition) is 1. The maximum absolute atomic E-state index is 4.01. The van der Waals surface area contributed by atoms with Crippen molar-refractivity contribution in [2.45, 2.75) is 19.9 Å². The average molecular weight is 110 g/mol. The Labute approximate surface area is 49.3 Å². The van der Waals surface area contributed by atoms with Crippen LogP contribution < -0.4 is 5.32 Å². The Hall–Kier alpha value is -0.790. The highest BCUT2D eigenvalue weighted by Crippen LogP contribution is 1.99. The molecule has 1 rings (SSSR count). The molecule has 0 aromatic carbocycles. The Morgan fingerprint density at radius 1 is 1.75 bits per heavy atom. The van der Waals surface area contributed by atoms with E-state index in [4.69, 9.17) is 0 Å². The summed E-state index contributed by atoms with van der Waals surface area (Å²) in [5.41, 5.74) is 1.09. The lowest BCUT2D eigenvalue weighted by molar-refractivity contribution is 0.793. The van der Waals surface area contributed by atoms with Crippen molar-refractivity contribution in [2.24, 2.45) is 4.99 Å². The van der Waals surface area contributed by atoms with Crippen molar-refractivity contribution >= 4 is 6.34 Å². The molecule has 2 nitrogen and oxygen atoms in total. The third-order valence-corrected chi connectivity index (χ3v) is 1.10. The summed E-state index contributed by atoms with van der Waals surface area (Å²) in [5, 5.41) is 3.04. The van der Waals surface area contributed by atoms with Gasteiger partial charge < -0.3 is 5.32 Å². The molecular formula is C6H10N2. The summed E-state index contributed by atoms with van der Waals surface area (Å²) in [5.74, 6) is 0. The van der Waals surface area contributed by atoms with Gasteiger partial charge in [-0.25, -0.2) is 4.99 Å². The molecule has 8 heavy (non-hydrogen) atoms. The lowest BCUT2D eigenvalue weighted by Gasteiger charge is -2.10. The minimum atomic E-state index is 0.451. The van der Waals surface area contributed by atoms with Crippen LogP contribution in [0, 0.1) is 0 Å². The van der Waals surface area contributed by atoms with Crippen LogP contribution in [0.15, 0.2) is 16.8 Å². The highest BCUT2D eigenvalue weighted by atomic mass is 15.0. The lowest BCUT2D eigenvalue weighted by atomic mass is 10.2. The van der Waals surface area contributed by atoms with Crippen LogP contribution >= 0.6 is 0 Å². The van der Waals surface area contributed by atoms with Crippen LogP contribution in [0.1, 0.15) is 13.8 Å². The first-order valence-electron chi connectivity index (χ1n) is 2.76. The molecule has 0 saturated carbocycles. The lowest BCUT2D eigenvalue weighted by Crippen LogP contribution is -2.24. The minimum Gasteiger partial charge on any atom is -0.370 e. The average Bonchev–Trinajstić information content (AvgIpc) is 1.64. The molecule has 1 aliphatic heterocycles. The van der Waals surface area contributed by atoms with Crippen molar-refractivity contribution in [2.75, 3.05) is 0 Å². The number of aliphatic imine (C=N–C) groups is 1. The summed E-state index contributed by atoms with van der Waals surface area (Å²) in [6, 6.07) is 0.451. The number of nitrogens with one attached hydrogen (secondary N) is 1. The summed E-state index contributed by atoms with van der Waals surface area (Å²) >= 11 is 0. The van der Waals surface area contributed by atoms with E-state index < -0.39 is 0 Å². The fourth-order valence-electron chi connectivity index (χ4n) is 0.710. The van der Waals surface area contributed by atoms with Crippen molar-refractivity contribution in [1.82, 2.24) is 5.32 Å². The first-order chi connectivity index (χ1) is 3.79. The maximum Gasteiger partial charge on any atom is 0.0886 e. The van der Waals surface area contributed by atoms with Gasteiger partial charge >= 0.3 is 0 Å². The molecule has 0 amide bonds. The highest BCUT2D eigenvalue weighted by molar-refractivity contribution is 5.58. The monoisotopic (exact) mass is 110 g/mol. The molecule has 0 aromatic heterocycles. The molecule has 0 spiro atoms. The number of rotatable bonds is 0. The molecule has 0 saturated heterocycles. The van der Waals surface area contributed by atoms with Crippen molar-refractivity contribution in [3.05, 3.63) is 11.8 Å². The van der Waals surface area contributed by atoms with Crippen LogP contribution in [0.3, 0.4) is 0 Å². The molecule has 0 fully saturated rings. The quantitative estimate of drug-likeness (QED) is 0.492. The third kappa shape index (κ3) is 1.09. The summed E-state index contributed by atoms with van der Waals surface area (Å²) < 4.78 is 0. The molecule has 1 atom stereocenters. The second-order valence-electron chi connectivity index (χ2n) is 2.02. The molecule has 1 heterocycles. The van der Waals surface area contributed by atoms with Gasteiger partial charge in [-0.3, -0.25) is 0 Å². The van der Waals surface area contributed by atoms with Gasteiger partial charge in [0.05, 0.1) is 6.34 Å². The highest BCUT2D eigenvalue weighted by Gasteiger charge is 1.97. The number of hydrogen-bond acceptors (Lipinski definition) is 2.